The van der Waals surface area contributed by atoms with Crippen LogP contribution in [-0.2, 0) is 19.5 Å². The molecule has 0 saturated heterocycles. The number of aromatic nitrogens is 4. The van der Waals surface area contributed by atoms with Gasteiger partial charge in [-0.2, -0.15) is 14.8 Å². The molecule has 150 valence electrons. The van der Waals surface area contributed by atoms with E-state index in [1.165, 1.54) is 5.56 Å². The van der Waals surface area contributed by atoms with Gasteiger partial charge in [0.15, 0.2) is 0 Å². The highest BCUT2D eigenvalue weighted by atomic mass is 16.4. The molecular weight excluding hydrogens is 379 g/mol. The van der Waals surface area contributed by atoms with E-state index in [-0.39, 0.29) is 0 Å². The van der Waals surface area contributed by atoms with Crippen LogP contribution < -0.4 is 16.1 Å². The van der Waals surface area contributed by atoms with Gasteiger partial charge in [-0.3, -0.25) is 0 Å². The van der Waals surface area contributed by atoms with Crippen molar-refractivity contribution in [2.45, 2.75) is 19.5 Å². The maximum Gasteiger partial charge on any atom is 0.489 e. The lowest BCUT2D eigenvalue weighted by Crippen LogP contribution is -2.30. The molecular formula is C21H21BN6O2. The Morgan fingerprint density at radius 3 is 2.77 bits per heavy atom. The standard InChI is InChI=1S/C21H21BN6O2/c29-22(30)17-7-4-8-19-16(17)12-25-28(19)21-26-18-13-23-10-9-15(18)20(27-21)24-11-14-5-2-1-3-6-14/h1-8,12,23,29-30H,9-11,13H2,(H,24,26,27). The first kappa shape index (κ1) is 18.7. The van der Waals surface area contributed by atoms with E-state index in [0.717, 1.165) is 35.6 Å². The SMILES string of the molecule is OB(O)c1cccc2c1cnn2-c1nc2c(c(NCc3ccccc3)n1)CCNC2. The summed E-state index contributed by atoms with van der Waals surface area (Å²) < 4.78 is 1.64. The van der Waals surface area contributed by atoms with Crippen molar-refractivity contribution >= 4 is 29.3 Å². The number of nitrogens with one attached hydrogen (secondary N) is 2. The second-order valence-electron chi connectivity index (χ2n) is 7.27. The number of anilines is 1. The summed E-state index contributed by atoms with van der Waals surface area (Å²) in [5.41, 5.74) is 4.37. The molecule has 1 aliphatic rings. The van der Waals surface area contributed by atoms with E-state index in [9.17, 15) is 10.0 Å². The van der Waals surface area contributed by atoms with Crippen LogP contribution in [0.25, 0.3) is 16.9 Å². The van der Waals surface area contributed by atoms with Crippen molar-refractivity contribution in [2.24, 2.45) is 0 Å². The number of benzene rings is 2. The fourth-order valence-corrected chi connectivity index (χ4v) is 3.83. The Morgan fingerprint density at radius 2 is 1.93 bits per heavy atom. The van der Waals surface area contributed by atoms with E-state index in [1.54, 1.807) is 23.0 Å². The van der Waals surface area contributed by atoms with Gasteiger partial charge in [-0.05, 0) is 30.1 Å². The van der Waals surface area contributed by atoms with Gasteiger partial charge in [-0.25, -0.2) is 4.98 Å². The molecule has 1 aliphatic heterocycles. The molecule has 0 fully saturated rings. The molecule has 4 aromatic rings. The van der Waals surface area contributed by atoms with Crippen LogP contribution in [-0.4, -0.2) is 43.5 Å². The smallest absolute Gasteiger partial charge is 0.423 e. The van der Waals surface area contributed by atoms with Crippen LogP contribution in [0.2, 0.25) is 0 Å². The van der Waals surface area contributed by atoms with E-state index >= 15 is 0 Å². The highest BCUT2D eigenvalue weighted by Gasteiger charge is 2.21. The lowest BCUT2D eigenvalue weighted by molar-refractivity contribution is 0.426. The van der Waals surface area contributed by atoms with Gasteiger partial charge >= 0.3 is 7.12 Å². The lowest BCUT2D eigenvalue weighted by atomic mass is 9.78. The Hall–Kier alpha value is -3.27. The van der Waals surface area contributed by atoms with Gasteiger partial charge in [0.05, 0.1) is 17.4 Å². The average Bonchev–Trinajstić information content (AvgIpc) is 3.22. The molecule has 0 unspecified atom stereocenters. The minimum atomic E-state index is -1.57. The third-order valence-corrected chi connectivity index (χ3v) is 5.34. The minimum absolute atomic E-state index is 0.404. The third kappa shape index (κ3) is 3.43. The molecule has 2 aromatic carbocycles. The van der Waals surface area contributed by atoms with Crippen molar-refractivity contribution in [3.63, 3.8) is 0 Å². The summed E-state index contributed by atoms with van der Waals surface area (Å²) in [6.45, 7) is 2.22. The van der Waals surface area contributed by atoms with Crippen molar-refractivity contribution in [3.05, 3.63) is 71.5 Å². The van der Waals surface area contributed by atoms with Gasteiger partial charge in [0.1, 0.15) is 5.82 Å². The van der Waals surface area contributed by atoms with Crippen molar-refractivity contribution in [1.82, 2.24) is 25.1 Å². The molecule has 9 heteroatoms. The topological polar surface area (TPSA) is 108 Å². The van der Waals surface area contributed by atoms with Crippen molar-refractivity contribution in [2.75, 3.05) is 11.9 Å². The second-order valence-corrected chi connectivity index (χ2v) is 7.27. The van der Waals surface area contributed by atoms with Crippen molar-refractivity contribution < 1.29 is 10.0 Å². The largest absolute Gasteiger partial charge is 0.489 e. The summed E-state index contributed by atoms with van der Waals surface area (Å²) in [7, 11) is -1.57. The molecule has 5 rings (SSSR count). The van der Waals surface area contributed by atoms with Crippen LogP contribution in [0.1, 0.15) is 16.8 Å². The molecule has 3 heterocycles. The Kier molecular flexibility index (Phi) is 4.92. The minimum Gasteiger partial charge on any atom is -0.423 e. The average molecular weight is 400 g/mol. The van der Waals surface area contributed by atoms with Crippen LogP contribution in [0.3, 0.4) is 0 Å². The molecule has 0 atom stereocenters. The van der Waals surface area contributed by atoms with Crippen molar-refractivity contribution in [3.8, 4) is 5.95 Å². The summed E-state index contributed by atoms with van der Waals surface area (Å²) in [6.07, 6.45) is 2.47. The molecule has 2 aromatic heterocycles. The fraction of sp³-hybridized carbons (Fsp3) is 0.190. The summed E-state index contributed by atoms with van der Waals surface area (Å²) in [5.74, 6) is 1.26. The monoisotopic (exact) mass is 400 g/mol. The van der Waals surface area contributed by atoms with E-state index in [4.69, 9.17) is 9.97 Å². The predicted octanol–water partition coefficient (Wildman–Crippen LogP) is 0.753. The maximum atomic E-state index is 9.65. The molecule has 30 heavy (non-hydrogen) atoms. The lowest BCUT2D eigenvalue weighted by Gasteiger charge is -2.20. The summed E-state index contributed by atoms with van der Waals surface area (Å²) in [4.78, 5) is 9.55. The van der Waals surface area contributed by atoms with Crippen LogP contribution in [0.15, 0.2) is 54.7 Å². The van der Waals surface area contributed by atoms with Crippen LogP contribution in [0.5, 0.6) is 0 Å². The molecule has 8 nitrogen and oxygen atoms in total. The van der Waals surface area contributed by atoms with Gasteiger partial charge in [-0.15, -0.1) is 0 Å². The zero-order chi connectivity index (χ0) is 20.5. The first-order valence-corrected chi connectivity index (χ1v) is 9.92. The highest BCUT2D eigenvalue weighted by Crippen LogP contribution is 2.24. The molecule has 4 N–H and O–H groups in total. The van der Waals surface area contributed by atoms with Gasteiger partial charge in [0.2, 0.25) is 0 Å². The number of hydrogen-bond donors (Lipinski definition) is 4. The van der Waals surface area contributed by atoms with Gasteiger partial charge in [-0.1, -0.05) is 42.5 Å². The maximum absolute atomic E-state index is 9.65. The number of nitrogens with zero attached hydrogens (tertiary/aromatic N) is 4. The molecule has 0 saturated carbocycles. The first-order chi connectivity index (χ1) is 14.7. The Bertz CT molecular complexity index is 1200. The van der Waals surface area contributed by atoms with Crippen LogP contribution >= 0.6 is 0 Å². The number of rotatable bonds is 5. The fourth-order valence-electron chi connectivity index (χ4n) is 3.83. The van der Waals surface area contributed by atoms with Gasteiger partial charge in [0.25, 0.3) is 5.95 Å². The zero-order valence-electron chi connectivity index (χ0n) is 16.3. The Balaban J connectivity index is 1.58. The molecule has 0 spiro atoms. The summed E-state index contributed by atoms with van der Waals surface area (Å²) >= 11 is 0. The van der Waals surface area contributed by atoms with E-state index in [0.29, 0.717) is 29.9 Å². The number of fused-ring (bicyclic) bond motifs is 2. The number of hydrogen-bond acceptors (Lipinski definition) is 7. The Labute approximate surface area is 173 Å². The zero-order valence-corrected chi connectivity index (χ0v) is 16.3. The van der Waals surface area contributed by atoms with Crippen molar-refractivity contribution in [1.29, 1.82) is 0 Å². The Morgan fingerprint density at radius 1 is 1.07 bits per heavy atom. The van der Waals surface area contributed by atoms with E-state index in [1.807, 2.05) is 24.3 Å². The van der Waals surface area contributed by atoms with Gasteiger partial charge in [0, 0.05) is 24.0 Å². The molecule has 0 amide bonds. The van der Waals surface area contributed by atoms with Crippen LogP contribution in [0, 0.1) is 0 Å². The predicted molar refractivity (Wildman–Crippen MR) is 116 cm³/mol. The molecule has 0 bridgehead atoms. The summed E-state index contributed by atoms with van der Waals surface area (Å²) in [6, 6.07) is 15.5. The van der Waals surface area contributed by atoms with Crippen LogP contribution in [0.4, 0.5) is 5.82 Å². The van der Waals surface area contributed by atoms with Gasteiger partial charge < -0.3 is 20.7 Å². The first-order valence-electron chi connectivity index (χ1n) is 9.92. The molecule has 0 aliphatic carbocycles. The second kappa shape index (κ2) is 7.87. The highest BCUT2D eigenvalue weighted by molar-refractivity contribution is 6.61. The van der Waals surface area contributed by atoms with E-state index in [2.05, 4.69) is 27.9 Å². The third-order valence-electron chi connectivity index (χ3n) is 5.34. The quantitative estimate of drug-likeness (QED) is 0.366. The molecule has 0 radical (unpaired) electrons. The normalized spacial score (nSPS) is 13.3. The summed E-state index contributed by atoms with van der Waals surface area (Å²) in [5, 5.41) is 31.2. The van der Waals surface area contributed by atoms with E-state index < -0.39 is 7.12 Å².